The average molecular weight is 466 g/mol. The zero-order valence-corrected chi connectivity index (χ0v) is 20.8. The van der Waals surface area contributed by atoms with Crippen LogP contribution in [0.5, 0.6) is 0 Å². The predicted octanol–water partition coefficient (Wildman–Crippen LogP) is 6.56. The molecule has 0 bridgehead atoms. The summed E-state index contributed by atoms with van der Waals surface area (Å²) in [6.07, 6.45) is 14.4. The van der Waals surface area contributed by atoms with Crippen LogP contribution in [0.4, 0.5) is 4.79 Å². The maximum absolute atomic E-state index is 12.4. The number of rotatable bonds is 3. The highest BCUT2D eigenvalue weighted by atomic mass is 16.6. The van der Waals surface area contributed by atoms with Crippen molar-refractivity contribution in [3.63, 3.8) is 0 Å². The third-order valence-corrected chi connectivity index (χ3v) is 7.01. The Bertz CT molecular complexity index is 1010. The van der Waals surface area contributed by atoms with E-state index < -0.39 is 0 Å². The van der Waals surface area contributed by atoms with Crippen LogP contribution >= 0.6 is 0 Å². The van der Waals surface area contributed by atoms with Gasteiger partial charge in [0.25, 0.3) is 0 Å². The number of ether oxygens (including phenoxy) is 2. The van der Waals surface area contributed by atoms with Gasteiger partial charge in [0.2, 0.25) is 0 Å². The number of hydrogen-bond donors (Lipinski definition) is 1. The number of allylic oxidation sites excluding steroid dienone is 5. The Morgan fingerprint density at radius 1 is 1.09 bits per heavy atom. The average Bonchev–Trinajstić information content (AvgIpc) is 3.45. The van der Waals surface area contributed by atoms with Gasteiger partial charge < -0.3 is 14.8 Å². The fraction of sp³-hybridized carbons (Fsp3) is 0.517. The van der Waals surface area contributed by atoms with Crippen LogP contribution in [0, 0.1) is 11.8 Å². The molecule has 1 N–H and O–H groups in total. The molecule has 1 aromatic rings. The number of hydrogen-bond acceptors (Lipinski definition) is 4. The number of esters is 1. The molecule has 0 radical (unpaired) electrons. The summed E-state index contributed by atoms with van der Waals surface area (Å²) in [6.45, 7) is 7.36. The number of alkyl carbamates (subject to hydrolysis) is 1. The molecule has 5 heteroatoms. The van der Waals surface area contributed by atoms with Gasteiger partial charge in [-0.05, 0) is 74.1 Å². The van der Waals surface area contributed by atoms with Gasteiger partial charge in [0.15, 0.2) is 0 Å². The van der Waals surface area contributed by atoms with Crippen molar-refractivity contribution in [2.75, 3.05) is 6.61 Å². The van der Waals surface area contributed by atoms with Crippen molar-refractivity contribution in [3.05, 3.63) is 65.3 Å². The molecule has 3 atom stereocenters. The van der Waals surface area contributed by atoms with Gasteiger partial charge in [-0.25, -0.2) is 4.79 Å². The van der Waals surface area contributed by atoms with E-state index in [2.05, 4.69) is 53.9 Å². The summed E-state index contributed by atoms with van der Waals surface area (Å²) in [4.78, 5) is 22.6. The van der Waals surface area contributed by atoms with Crippen molar-refractivity contribution in [2.24, 2.45) is 11.8 Å². The highest BCUT2D eigenvalue weighted by molar-refractivity contribution is 5.85. The molecule has 5 rings (SSSR count). The minimum Gasteiger partial charge on any atom is -0.460 e. The summed E-state index contributed by atoms with van der Waals surface area (Å²) in [5, 5.41) is 3.12. The highest BCUT2D eigenvalue weighted by Crippen LogP contribution is 2.50. The van der Waals surface area contributed by atoms with E-state index in [4.69, 9.17) is 9.47 Å². The molecule has 2 fully saturated rings. The summed E-state index contributed by atoms with van der Waals surface area (Å²) in [5.74, 6) is 1.35. The molecule has 4 aliphatic rings. The summed E-state index contributed by atoms with van der Waals surface area (Å²) in [5.41, 5.74) is 4.90. The first-order chi connectivity index (χ1) is 16.2. The standard InChI is InChI=1S/C23H25NO2.C6H12O2.H2/c25-23(24-22-19-12-6-7-13-20(19)22)26-14-21-17-9-3-1-2-8-15(17)16-10-4-5-11-18(16)21;1-5(7)8-6(2,3)4;/h1-5,8,10-11,19-22H,6-7,9,12-14H2,(H,24,25);1-4H3;1H. The van der Waals surface area contributed by atoms with E-state index in [-0.39, 0.29) is 25.0 Å². The summed E-state index contributed by atoms with van der Waals surface area (Å²) in [7, 11) is 0. The van der Waals surface area contributed by atoms with Gasteiger partial charge in [0, 0.05) is 20.3 Å². The SMILES string of the molecule is CC(=O)OC(C)(C)C.O=C(NC1C2CCCCC21)OCC1C2=C(C=CC=CC2)c2ccccc21.[HH]. The normalized spacial score (nSPS) is 26.2. The van der Waals surface area contributed by atoms with Gasteiger partial charge in [-0.2, -0.15) is 0 Å². The summed E-state index contributed by atoms with van der Waals surface area (Å²) in [6, 6.07) is 8.87. The van der Waals surface area contributed by atoms with E-state index >= 15 is 0 Å². The first-order valence-electron chi connectivity index (χ1n) is 12.5. The molecule has 2 saturated carbocycles. The van der Waals surface area contributed by atoms with Crippen molar-refractivity contribution in [1.82, 2.24) is 5.32 Å². The second-order valence-electron chi connectivity index (χ2n) is 10.7. The molecule has 4 aliphatic carbocycles. The third kappa shape index (κ3) is 5.81. The van der Waals surface area contributed by atoms with Crippen LogP contribution < -0.4 is 5.32 Å². The fourth-order valence-corrected chi connectivity index (χ4v) is 5.63. The Labute approximate surface area is 204 Å². The first-order valence-corrected chi connectivity index (χ1v) is 12.5. The first kappa shape index (κ1) is 24.3. The van der Waals surface area contributed by atoms with Gasteiger partial charge in [-0.3, -0.25) is 4.79 Å². The number of carbonyl (C=O) groups excluding carboxylic acids is 2. The van der Waals surface area contributed by atoms with Crippen LogP contribution in [-0.4, -0.2) is 30.3 Å². The largest absolute Gasteiger partial charge is 0.460 e. The smallest absolute Gasteiger partial charge is 0.407 e. The van der Waals surface area contributed by atoms with Crippen molar-refractivity contribution in [2.45, 2.75) is 77.4 Å². The molecule has 34 heavy (non-hydrogen) atoms. The van der Waals surface area contributed by atoms with Crippen molar-refractivity contribution < 1.29 is 20.5 Å². The molecule has 1 aromatic carbocycles. The van der Waals surface area contributed by atoms with E-state index in [9.17, 15) is 9.59 Å². The topological polar surface area (TPSA) is 64.6 Å². The van der Waals surface area contributed by atoms with Gasteiger partial charge >= 0.3 is 12.1 Å². The maximum Gasteiger partial charge on any atom is 0.407 e. The summed E-state index contributed by atoms with van der Waals surface area (Å²) < 4.78 is 10.5. The molecule has 1 amide bonds. The van der Waals surface area contributed by atoms with E-state index in [1.807, 2.05) is 20.8 Å². The Kier molecular flexibility index (Phi) is 7.30. The molecule has 0 spiro atoms. The zero-order chi connectivity index (χ0) is 24.3. The molecule has 5 nitrogen and oxygen atoms in total. The molecule has 0 aromatic heterocycles. The second kappa shape index (κ2) is 10.2. The van der Waals surface area contributed by atoms with Crippen LogP contribution in [0.15, 0.2) is 54.1 Å². The number of benzene rings is 1. The van der Waals surface area contributed by atoms with Gasteiger partial charge in [0.05, 0.1) is 0 Å². The molecular formula is C29H39NO4. The lowest BCUT2D eigenvalue weighted by Crippen LogP contribution is -2.29. The molecule has 0 saturated heterocycles. The Hall–Kier alpha value is -2.82. The van der Waals surface area contributed by atoms with E-state index in [0.717, 1.165) is 6.42 Å². The lowest BCUT2D eigenvalue weighted by Gasteiger charge is -2.17. The Morgan fingerprint density at radius 2 is 1.79 bits per heavy atom. The fourth-order valence-electron chi connectivity index (χ4n) is 5.63. The number of nitrogens with one attached hydrogen (secondary N) is 1. The van der Waals surface area contributed by atoms with Crippen molar-refractivity contribution >= 4 is 17.6 Å². The van der Waals surface area contributed by atoms with Crippen LogP contribution in [0.1, 0.15) is 78.3 Å². The van der Waals surface area contributed by atoms with E-state index in [1.165, 1.54) is 54.9 Å². The molecule has 0 heterocycles. The molecular weight excluding hydrogens is 426 g/mol. The van der Waals surface area contributed by atoms with Crippen molar-refractivity contribution in [1.29, 1.82) is 0 Å². The molecule has 3 unspecified atom stereocenters. The third-order valence-electron chi connectivity index (χ3n) is 7.01. The maximum atomic E-state index is 12.4. The van der Waals surface area contributed by atoms with Crippen LogP contribution in [0.3, 0.4) is 0 Å². The quantitative estimate of drug-likeness (QED) is 0.513. The lowest BCUT2D eigenvalue weighted by atomic mass is 9.94. The minimum absolute atomic E-state index is 0. The lowest BCUT2D eigenvalue weighted by molar-refractivity contribution is -0.151. The zero-order valence-electron chi connectivity index (χ0n) is 20.8. The van der Waals surface area contributed by atoms with E-state index in [1.54, 1.807) is 0 Å². The number of carbonyl (C=O) groups is 2. The second-order valence-corrected chi connectivity index (χ2v) is 10.7. The van der Waals surface area contributed by atoms with Gasteiger partial charge in [-0.1, -0.05) is 61.4 Å². The van der Waals surface area contributed by atoms with Gasteiger partial charge in [0.1, 0.15) is 12.2 Å². The summed E-state index contributed by atoms with van der Waals surface area (Å²) >= 11 is 0. The molecule has 0 aliphatic heterocycles. The predicted molar refractivity (Wildman–Crippen MR) is 136 cm³/mol. The van der Waals surface area contributed by atoms with Crippen molar-refractivity contribution in [3.8, 4) is 0 Å². The highest BCUT2D eigenvalue weighted by Gasteiger charge is 2.51. The van der Waals surface area contributed by atoms with Crippen LogP contribution in [0.25, 0.3) is 5.57 Å². The number of amides is 1. The van der Waals surface area contributed by atoms with Crippen LogP contribution in [0.2, 0.25) is 0 Å². The Morgan fingerprint density at radius 3 is 2.44 bits per heavy atom. The Balaban J connectivity index is 0.000000332. The monoisotopic (exact) mass is 465 g/mol. The van der Waals surface area contributed by atoms with E-state index in [0.29, 0.717) is 24.5 Å². The number of fused-ring (bicyclic) bond motifs is 3. The van der Waals surface area contributed by atoms with Gasteiger partial charge in [-0.15, -0.1) is 0 Å². The minimum atomic E-state index is -0.328. The van der Waals surface area contributed by atoms with Crippen LogP contribution in [-0.2, 0) is 14.3 Å². The molecule has 184 valence electrons.